The topological polar surface area (TPSA) is 180 Å². The van der Waals surface area contributed by atoms with E-state index in [1.165, 1.54) is 24.5 Å². The Hall–Kier alpha value is -6.42. The Labute approximate surface area is 301 Å². The third-order valence-corrected chi connectivity index (χ3v) is 9.50. The summed E-state index contributed by atoms with van der Waals surface area (Å²) in [6, 6.07) is 16.3. The number of aryl methyl sites for hydroxylation is 2. The van der Waals surface area contributed by atoms with Crippen LogP contribution in [-0.4, -0.2) is 42.2 Å². The minimum atomic E-state index is -0.746. The monoisotopic (exact) mass is 700 g/mol. The van der Waals surface area contributed by atoms with E-state index in [1.807, 2.05) is 27.7 Å². The van der Waals surface area contributed by atoms with Crippen LogP contribution < -0.4 is 10.6 Å². The SMILES string of the molecule is Cc1cc2c(c(O)c1-c1c(C)cc3c(c1O)C(=CNc1ccccc1O)C(=O)C(O)=C3C(C)C)C(=CNc1ccccc1O)C(=O)C(O)=C2C(C)C. The number of allylic oxidation sites excluding steroid dienone is 4. The molecule has 2 aliphatic carbocycles. The van der Waals surface area contributed by atoms with Crippen LogP contribution in [0, 0.1) is 25.7 Å². The van der Waals surface area contributed by atoms with E-state index in [9.17, 15) is 40.2 Å². The Balaban J connectivity index is 1.64. The van der Waals surface area contributed by atoms with E-state index in [2.05, 4.69) is 10.6 Å². The van der Waals surface area contributed by atoms with Crippen LogP contribution in [0.4, 0.5) is 11.4 Å². The smallest absolute Gasteiger partial charge is 0.229 e. The molecule has 6 rings (SSSR count). The van der Waals surface area contributed by atoms with E-state index < -0.39 is 23.1 Å². The summed E-state index contributed by atoms with van der Waals surface area (Å²) in [6.45, 7) is 10.7. The summed E-state index contributed by atoms with van der Waals surface area (Å²) in [5.41, 5.74) is 3.54. The molecule has 0 heterocycles. The van der Waals surface area contributed by atoms with Crippen molar-refractivity contribution >= 4 is 45.2 Å². The average Bonchev–Trinajstić information content (AvgIpc) is 3.08. The molecule has 0 aliphatic heterocycles. The van der Waals surface area contributed by atoms with Gasteiger partial charge in [0.05, 0.1) is 22.5 Å². The number of anilines is 2. The summed E-state index contributed by atoms with van der Waals surface area (Å²) in [7, 11) is 0. The van der Waals surface area contributed by atoms with Crippen molar-refractivity contribution in [3.63, 3.8) is 0 Å². The van der Waals surface area contributed by atoms with Gasteiger partial charge in [-0.15, -0.1) is 0 Å². The van der Waals surface area contributed by atoms with Gasteiger partial charge in [0.2, 0.25) is 11.6 Å². The van der Waals surface area contributed by atoms with Crippen LogP contribution >= 0.6 is 0 Å². The molecular formula is C42H40N2O8. The molecule has 0 unspecified atom stereocenters. The Bertz CT molecular complexity index is 2160. The minimum absolute atomic E-state index is 0.0772. The second-order valence-corrected chi connectivity index (χ2v) is 13.6. The zero-order valence-corrected chi connectivity index (χ0v) is 29.6. The van der Waals surface area contributed by atoms with E-state index in [0.29, 0.717) is 33.4 Å². The minimum Gasteiger partial charge on any atom is -0.507 e. The van der Waals surface area contributed by atoms with Gasteiger partial charge in [-0.25, -0.2) is 0 Å². The number of aliphatic hydroxyl groups is 2. The summed E-state index contributed by atoms with van der Waals surface area (Å²) in [5, 5.41) is 73.4. The molecule has 10 nitrogen and oxygen atoms in total. The van der Waals surface area contributed by atoms with Crippen molar-refractivity contribution in [2.45, 2.75) is 41.5 Å². The van der Waals surface area contributed by atoms with E-state index in [0.717, 1.165) is 0 Å². The van der Waals surface area contributed by atoms with Gasteiger partial charge < -0.3 is 41.3 Å². The molecule has 0 bridgehead atoms. The molecule has 52 heavy (non-hydrogen) atoms. The number of hydrogen-bond acceptors (Lipinski definition) is 10. The Morgan fingerprint density at radius 1 is 0.538 bits per heavy atom. The standard InChI is InChI=1S/C42H40N2O8/c1-19(2)31-23-15-21(5)33(39(49)35(23)25(37(47)41(31)51)17-43-27-11-7-9-13-29(27)45)34-22(6)16-24-32(20(3)4)42(52)38(48)26(36(24)40(34)50)18-44-28-12-8-10-14-30(28)46/h7-20,43-46,49-52H,1-6H3. The first-order valence-electron chi connectivity index (χ1n) is 16.9. The number of benzene rings is 4. The molecule has 8 N–H and O–H groups in total. The van der Waals surface area contributed by atoms with Crippen molar-refractivity contribution < 1.29 is 40.2 Å². The first-order valence-corrected chi connectivity index (χ1v) is 16.9. The molecule has 0 radical (unpaired) electrons. The number of aromatic hydroxyl groups is 4. The number of nitrogens with one attached hydrogen (secondary N) is 2. The third-order valence-electron chi connectivity index (χ3n) is 9.50. The Kier molecular flexibility index (Phi) is 9.10. The number of aliphatic hydroxyl groups excluding tert-OH is 2. The zero-order valence-electron chi connectivity index (χ0n) is 29.6. The molecule has 10 heteroatoms. The van der Waals surface area contributed by atoms with Gasteiger partial charge in [0.25, 0.3) is 0 Å². The van der Waals surface area contributed by atoms with Crippen molar-refractivity contribution in [2.24, 2.45) is 11.8 Å². The molecule has 0 atom stereocenters. The van der Waals surface area contributed by atoms with Crippen LogP contribution in [0.25, 0.3) is 33.4 Å². The maximum absolute atomic E-state index is 13.8. The van der Waals surface area contributed by atoms with E-state index >= 15 is 0 Å². The van der Waals surface area contributed by atoms with Crippen molar-refractivity contribution in [1.82, 2.24) is 0 Å². The van der Waals surface area contributed by atoms with E-state index in [1.54, 1.807) is 62.4 Å². The third kappa shape index (κ3) is 5.72. The lowest BCUT2D eigenvalue weighted by atomic mass is 9.75. The lowest BCUT2D eigenvalue weighted by Gasteiger charge is -2.29. The maximum Gasteiger partial charge on any atom is 0.229 e. The Morgan fingerprint density at radius 2 is 0.885 bits per heavy atom. The lowest BCUT2D eigenvalue weighted by molar-refractivity contribution is -0.113. The molecular weight excluding hydrogens is 660 g/mol. The number of ketones is 2. The van der Waals surface area contributed by atoms with Gasteiger partial charge in [-0.3, -0.25) is 9.59 Å². The number of Topliss-reactive ketones (excluding diaryl/α,β-unsaturated/α-hetero) is 2. The van der Waals surface area contributed by atoms with Gasteiger partial charge in [0.1, 0.15) is 23.0 Å². The second-order valence-electron chi connectivity index (χ2n) is 13.6. The first-order chi connectivity index (χ1) is 24.6. The van der Waals surface area contributed by atoms with Gasteiger partial charge in [0.15, 0.2) is 11.5 Å². The summed E-state index contributed by atoms with van der Waals surface area (Å²) in [4.78, 5) is 27.6. The van der Waals surface area contributed by atoms with Crippen LogP contribution in [0.5, 0.6) is 23.0 Å². The summed E-state index contributed by atoms with van der Waals surface area (Å²) in [6.07, 6.45) is 2.63. The average molecular weight is 701 g/mol. The summed E-state index contributed by atoms with van der Waals surface area (Å²) < 4.78 is 0. The number of phenols is 4. The van der Waals surface area contributed by atoms with Crippen molar-refractivity contribution in [2.75, 3.05) is 10.6 Å². The number of hydrogen-bond donors (Lipinski definition) is 8. The predicted octanol–water partition coefficient (Wildman–Crippen LogP) is 8.71. The molecule has 0 fully saturated rings. The quantitative estimate of drug-likeness (QED) is 0.0686. The highest BCUT2D eigenvalue weighted by Gasteiger charge is 2.38. The molecule has 0 aromatic heterocycles. The van der Waals surface area contributed by atoms with Crippen molar-refractivity contribution in [1.29, 1.82) is 0 Å². The van der Waals surface area contributed by atoms with Crippen LogP contribution in [0.3, 0.4) is 0 Å². The fraction of sp³-hybridized carbons (Fsp3) is 0.190. The summed E-state index contributed by atoms with van der Waals surface area (Å²) in [5.74, 6) is -3.91. The van der Waals surface area contributed by atoms with Gasteiger partial charge in [0, 0.05) is 45.8 Å². The van der Waals surface area contributed by atoms with Gasteiger partial charge in [-0.1, -0.05) is 64.1 Å². The molecule has 0 spiro atoms. The van der Waals surface area contributed by atoms with Crippen LogP contribution in [0.2, 0.25) is 0 Å². The molecule has 0 amide bonds. The van der Waals surface area contributed by atoms with E-state index in [4.69, 9.17) is 0 Å². The number of para-hydroxylation sites is 4. The molecule has 4 aromatic carbocycles. The predicted molar refractivity (Wildman–Crippen MR) is 203 cm³/mol. The molecule has 0 saturated heterocycles. The van der Waals surface area contributed by atoms with Crippen LogP contribution in [-0.2, 0) is 9.59 Å². The number of carbonyl (C=O) groups excluding carboxylic acids is 2. The highest BCUT2D eigenvalue weighted by Crippen LogP contribution is 2.53. The van der Waals surface area contributed by atoms with E-state index in [-0.39, 0.29) is 79.6 Å². The van der Waals surface area contributed by atoms with Gasteiger partial charge >= 0.3 is 0 Å². The van der Waals surface area contributed by atoms with Gasteiger partial charge in [-0.05, 0) is 72.2 Å². The number of rotatable bonds is 7. The lowest BCUT2D eigenvalue weighted by Crippen LogP contribution is -2.20. The van der Waals surface area contributed by atoms with Crippen molar-refractivity contribution in [3.05, 3.63) is 118 Å². The molecule has 0 saturated carbocycles. The number of fused-ring (bicyclic) bond motifs is 2. The first kappa shape index (κ1) is 35.4. The van der Waals surface area contributed by atoms with Crippen LogP contribution in [0.1, 0.15) is 61.1 Å². The highest BCUT2D eigenvalue weighted by atomic mass is 16.3. The zero-order chi connectivity index (χ0) is 37.8. The summed E-state index contributed by atoms with van der Waals surface area (Å²) >= 11 is 0. The van der Waals surface area contributed by atoms with Crippen LogP contribution in [0.15, 0.2) is 84.6 Å². The Morgan fingerprint density at radius 3 is 1.21 bits per heavy atom. The highest BCUT2D eigenvalue weighted by molar-refractivity contribution is 6.35. The number of carbonyl (C=O) groups is 2. The maximum atomic E-state index is 13.8. The molecule has 4 aromatic rings. The largest absolute Gasteiger partial charge is 0.507 e. The second kappa shape index (κ2) is 13.4. The fourth-order valence-electron chi connectivity index (χ4n) is 7.12. The normalized spacial score (nSPS) is 15.9. The number of phenolic OH excluding ortho intramolecular Hbond substituents is 4. The van der Waals surface area contributed by atoms with Gasteiger partial charge in [-0.2, -0.15) is 0 Å². The molecule has 266 valence electrons. The molecule has 2 aliphatic rings. The van der Waals surface area contributed by atoms with Crippen molar-refractivity contribution in [3.8, 4) is 34.1 Å². The fourth-order valence-corrected chi connectivity index (χ4v) is 7.12.